The first kappa shape index (κ1) is 15.3. The molecule has 0 aliphatic rings. The average molecular weight is 372 g/mol. The molecule has 8 heteroatoms. The van der Waals surface area contributed by atoms with Gasteiger partial charge in [-0.2, -0.15) is 0 Å². The van der Waals surface area contributed by atoms with Gasteiger partial charge in [-0.05, 0) is 34.1 Å². The molecule has 2 N–H and O–H groups in total. The Hall–Kier alpha value is -2.12. The van der Waals surface area contributed by atoms with Crippen LogP contribution in [0.2, 0.25) is 5.02 Å². The summed E-state index contributed by atoms with van der Waals surface area (Å²) in [5.41, 5.74) is 0.124. The van der Waals surface area contributed by atoms with Crippen molar-refractivity contribution in [1.29, 1.82) is 0 Å². The first-order chi connectivity index (χ1) is 9.91. The zero-order valence-electron chi connectivity index (χ0n) is 10.3. The minimum absolute atomic E-state index is 0.0649. The summed E-state index contributed by atoms with van der Waals surface area (Å²) in [7, 11) is 0. The van der Waals surface area contributed by atoms with Crippen molar-refractivity contribution in [2.45, 2.75) is 0 Å². The number of aromatic hydroxyl groups is 1. The predicted molar refractivity (Wildman–Crippen MR) is 81.9 cm³/mol. The molecule has 0 saturated carbocycles. The Morgan fingerprint density at radius 2 is 1.95 bits per heavy atom. The third-order valence-corrected chi connectivity index (χ3v) is 3.88. The minimum Gasteiger partial charge on any atom is -0.506 e. The van der Waals surface area contributed by atoms with E-state index in [1.54, 1.807) is 0 Å². The number of nitrogens with zero attached hydrogens (tertiary/aromatic N) is 1. The second kappa shape index (κ2) is 6.11. The molecule has 0 heterocycles. The number of carbonyl (C=O) groups excluding carboxylic acids is 1. The second-order valence-corrected chi connectivity index (χ2v) is 5.16. The number of anilines is 1. The number of nitro benzene ring substituents is 1. The lowest BCUT2D eigenvalue weighted by Crippen LogP contribution is -2.13. The van der Waals surface area contributed by atoms with Gasteiger partial charge in [0, 0.05) is 6.07 Å². The summed E-state index contributed by atoms with van der Waals surface area (Å²) in [5.74, 6) is -0.806. The summed E-state index contributed by atoms with van der Waals surface area (Å²) in [6.45, 7) is 0. The monoisotopic (exact) mass is 370 g/mol. The van der Waals surface area contributed by atoms with E-state index in [1.807, 2.05) is 0 Å². The molecular weight excluding hydrogens is 364 g/mol. The highest BCUT2D eigenvalue weighted by Crippen LogP contribution is 2.33. The number of hydrogen-bond acceptors (Lipinski definition) is 4. The van der Waals surface area contributed by atoms with Gasteiger partial charge in [0.1, 0.15) is 10.2 Å². The van der Waals surface area contributed by atoms with Gasteiger partial charge in [-0.1, -0.05) is 23.7 Å². The maximum Gasteiger partial charge on any atom is 0.285 e. The summed E-state index contributed by atoms with van der Waals surface area (Å²) in [6, 6.07) is 8.51. The number of hydrogen-bond donors (Lipinski definition) is 2. The zero-order valence-corrected chi connectivity index (χ0v) is 12.7. The molecule has 0 bridgehead atoms. The van der Waals surface area contributed by atoms with E-state index >= 15 is 0 Å². The minimum atomic E-state index is -0.586. The molecule has 0 unspecified atom stereocenters. The molecule has 0 aliphatic carbocycles. The molecule has 0 aromatic heterocycles. The molecule has 0 saturated heterocycles. The van der Waals surface area contributed by atoms with Crippen LogP contribution in [-0.4, -0.2) is 15.9 Å². The number of benzene rings is 2. The van der Waals surface area contributed by atoms with E-state index in [1.165, 1.54) is 36.4 Å². The van der Waals surface area contributed by atoms with E-state index in [0.29, 0.717) is 0 Å². The van der Waals surface area contributed by atoms with Crippen molar-refractivity contribution in [3.63, 3.8) is 0 Å². The molecule has 6 nitrogen and oxygen atoms in total. The highest BCUT2D eigenvalue weighted by molar-refractivity contribution is 9.10. The van der Waals surface area contributed by atoms with Gasteiger partial charge in [0.05, 0.1) is 21.2 Å². The number of nitro groups is 1. The van der Waals surface area contributed by atoms with Gasteiger partial charge >= 0.3 is 0 Å². The van der Waals surface area contributed by atoms with Gasteiger partial charge in [0.2, 0.25) is 0 Å². The maximum atomic E-state index is 12.1. The van der Waals surface area contributed by atoms with Crippen molar-refractivity contribution in [1.82, 2.24) is 0 Å². The number of nitrogens with one attached hydrogen (secondary N) is 1. The summed E-state index contributed by atoms with van der Waals surface area (Å²) < 4.78 is 0.152. The normalized spacial score (nSPS) is 10.2. The molecule has 2 aromatic carbocycles. The average Bonchev–Trinajstić information content (AvgIpc) is 2.43. The summed E-state index contributed by atoms with van der Waals surface area (Å²) in [6.07, 6.45) is 0. The maximum absolute atomic E-state index is 12.1. The Kier molecular flexibility index (Phi) is 4.44. The number of carbonyl (C=O) groups is 1. The van der Waals surface area contributed by atoms with Crippen LogP contribution in [0.5, 0.6) is 5.75 Å². The van der Waals surface area contributed by atoms with Crippen molar-refractivity contribution < 1.29 is 14.8 Å². The molecule has 0 spiro atoms. The highest BCUT2D eigenvalue weighted by atomic mass is 79.9. The van der Waals surface area contributed by atoms with Crippen LogP contribution < -0.4 is 5.32 Å². The molecule has 21 heavy (non-hydrogen) atoms. The van der Waals surface area contributed by atoms with Crippen molar-refractivity contribution in [3.8, 4) is 5.75 Å². The van der Waals surface area contributed by atoms with Crippen LogP contribution >= 0.6 is 27.5 Å². The summed E-state index contributed by atoms with van der Waals surface area (Å²) in [5, 5.41) is 22.7. The Bertz CT molecular complexity index is 736. The lowest BCUT2D eigenvalue weighted by Gasteiger charge is -2.09. The molecule has 0 fully saturated rings. The molecule has 0 atom stereocenters. The lowest BCUT2D eigenvalue weighted by atomic mass is 10.2. The predicted octanol–water partition coefficient (Wildman–Crippen LogP) is 3.97. The third-order valence-electron chi connectivity index (χ3n) is 2.65. The van der Waals surface area contributed by atoms with Crippen LogP contribution in [0, 0.1) is 10.1 Å². The molecule has 2 rings (SSSR count). The van der Waals surface area contributed by atoms with Gasteiger partial charge in [-0.3, -0.25) is 14.9 Å². The number of phenols is 1. The standard InChI is InChI=1S/C13H8BrClN2O4/c14-11-8(4-2-5-9(11)17(20)21)16-13(19)7-3-1-6-10(18)12(7)15/h1-6,18H,(H,16,19). The Labute approximate surface area is 132 Å². The van der Waals surface area contributed by atoms with Crippen LogP contribution in [0.4, 0.5) is 11.4 Å². The van der Waals surface area contributed by atoms with Gasteiger partial charge < -0.3 is 10.4 Å². The van der Waals surface area contributed by atoms with Crippen molar-refractivity contribution >= 4 is 44.8 Å². The topological polar surface area (TPSA) is 92.5 Å². The Morgan fingerprint density at radius 3 is 2.62 bits per heavy atom. The van der Waals surface area contributed by atoms with Crippen molar-refractivity contribution in [2.24, 2.45) is 0 Å². The van der Waals surface area contributed by atoms with E-state index in [-0.39, 0.29) is 32.2 Å². The van der Waals surface area contributed by atoms with E-state index < -0.39 is 10.8 Å². The number of halogens is 2. The molecule has 0 aliphatic heterocycles. The Morgan fingerprint density at radius 1 is 1.29 bits per heavy atom. The smallest absolute Gasteiger partial charge is 0.285 e. The SMILES string of the molecule is O=C(Nc1cccc([N+](=O)[O-])c1Br)c1cccc(O)c1Cl. The van der Waals surface area contributed by atoms with Crippen LogP contribution in [0.15, 0.2) is 40.9 Å². The first-order valence-corrected chi connectivity index (χ1v) is 6.80. The van der Waals surface area contributed by atoms with Crippen LogP contribution in [0.25, 0.3) is 0 Å². The number of rotatable bonds is 3. The quantitative estimate of drug-likeness (QED) is 0.631. The summed E-state index contributed by atoms with van der Waals surface area (Å²) >= 11 is 8.92. The fraction of sp³-hybridized carbons (Fsp3) is 0. The first-order valence-electron chi connectivity index (χ1n) is 5.63. The highest BCUT2D eigenvalue weighted by Gasteiger charge is 2.18. The summed E-state index contributed by atoms with van der Waals surface area (Å²) in [4.78, 5) is 22.4. The van der Waals surface area contributed by atoms with Crippen LogP contribution in [-0.2, 0) is 0 Å². The molecular formula is C13H8BrClN2O4. The van der Waals surface area contributed by atoms with E-state index in [0.717, 1.165) is 0 Å². The second-order valence-electron chi connectivity index (χ2n) is 3.99. The van der Waals surface area contributed by atoms with Crippen LogP contribution in [0.3, 0.4) is 0 Å². The number of amides is 1. The van der Waals surface area contributed by atoms with Gasteiger partial charge in [0.15, 0.2) is 0 Å². The zero-order chi connectivity index (χ0) is 15.6. The van der Waals surface area contributed by atoms with Gasteiger partial charge in [0.25, 0.3) is 11.6 Å². The fourth-order valence-corrected chi connectivity index (χ4v) is 2.36. The van der Waals surface area contributed by atoms with E-state index in [2.05, 4.69) is 21.2 Å². The van der Waals surface area contributed by atoms with E-state index in [4.69, 9.17) is 11.6 Å². The molecule has 108 valence electrons. The van der Waals surface area contributed by atoms with Crippen molar-refractivity contribution in [3.05, 3.63) is 61.6 Å². The van der Waals surface area contributed by atoms with Gasteiger partial charge in [-0.15, -0.1) is 0 Å². The van der Waals surface area contributed by atoms with E-state index in [9.17, 15) is 20.0 Å². The lowest BCUT2D eigenvalue weighted by molar-refractivity contribution is -0.385. The van der Waals surface area contributed by atoms with Crippen LogP contribution in [0.1, 0.15) is 10.4 Å². The molecule has 0 radical (unpaired) electrons. The third kappa shape index (κ3) is 3.14. The Balaban J connectivity index is 2.34. The fourth-order valence-electron chi connectivity index (χ4n) is 1.64. The van der Waals surface area contributed by atoms with Crippen molar-refractivity contribution in [2.75, 3.05) is 5.32 Å². The molecule has 2 aromatic rings. The largest absolute Gasteiger partial charge is 0.506 e. The molecule has 1 amide bonds. The number of phenolic OH excluding ortho intramolecular Hbond substituents is 1. The van der Waals surface area contributed by atoms with Gasteiger partial charge in [-0.25, -0.2) is 0 Å².